The summed E-state index contributed by atoms with van der Waals surface area (Å²) in [7, 11) is 2.21. The molecule has 13 rings (SSSR count). The van der Waals surface area contributed by atoms with E-state index >= 15 is 0 Å². The Morgan fingerprint density at radius 1 is 0.226 bits per heavy atom. The molecule has 0 aliphatic heterocycles. The number of hydrogen-bond donors (Lipinski definition) is 0. The molecule has 0 unspecified atom stereocenters. The van der Waals surface area contributed by atoms with Crippen molar-refractivity contribution in [3.05, 3.63) is 369 Å². The van der Waals surface area contributed by atoms with Gasteiger partial charge in [-0.3, -0.25) is 0 Å². The molecule has 0 aliphatic carbocycles. The van der Waals surface area contributed by atoms with Crippen molar-refractivity contribution in [2.24, 2.45) is 7.05 Å². The average molecular weight is 1080 g/mol. The molecule has 13 aromatic rings. The highest BCUT2D eigenvalue weighted by atomic mass is 15.2. The zero-order valence-electron chi connectivity index (χ0n) is 49.1. The van der Waals surface area contributed by atoms with E-state index in [4.69, 9.17) is 0 Å². The normalized spacial score (nSPS) is 11.8. The number of nitrogens with zero attached hydrogens (tertiary/aromatic N) is 3. The molecule has 0 radical (unpaired) electrons. The fraction of sp³-hybridized carbons (Fsp3) is 0.111. The van der Waals surface area contributed by atoms with Gasteiger partial charge >= 0.3 is 0 Å². The highest BCUT2D eigenvalue weighted by Crippen LogP contribution is 2.49. The summed E-state index contributed by atoms with van der Waals surface area (Å²) >= 11 is 0. The molecule has 3 heteroatoms. The summed E-state index contributed by atoms with van der Waals surface area (Å²) in [6.45, 7) is 13.0. The second kappa shape index (κ2) is 22.1. The van der Waals surface area contributed by atoms with Gasteiger partial charge in [-0.1, -0.05) is 252 Å². The first-order valence-electron chi connectivity index (χ1n) is 29.4. The molecule has 0 saturated heterocycles. The van der Waals surface area contributed by atoms with Crippen molar-refractivity contribution in [2.45, 2.75) is 52.4 Å². The summed E-state index contributed by atoms with van der Waals surface area (Å²) in [5, 5.41) is 2.42. The minimum Gasteiger partial charge on any atom is -0.343 e. The molecule has 0 spiro atoms. The molecular weight excluding hydrogens is 1010 g/mol. The van der Waals surface area contributed by atoms with E-state index in [1.54, 1.807) is 0 Å². The monoisotopic (exact) mass is 1080 g/mol. The van der Waals surface area contributed by atoms with Crippen LogP contribution < -0.4 is 9.80 Å². The Morgan fingerprint density at radius 2 is 0.429 bits per heavy atom. The number of fused-ring (bicyclic) bond motifs is 3. The zero-order valence-corrected chi connectivity index (χ0v) is 49.1. The van der Waals surface area contributed by atoms with Gasteiger partial charge in [0.2, 0.25) is 0 Å². The van der Waals surface area contributed by atoms with Gasteiger partial charge in [0, 0.05) is 51.9 Å². The molecule has 84 heavy (non-hydrogen) atoms. The first kappa shape index (κ1) is 53.4. The lowest BCUT2D eigenvalue weighted by Crippen LogP contribution is -2.31. The standard InChI is InChI=1S/C81H69N3/c1-56-18-30-62(31-19-56)80(63-32-20-57(2)21-33-63,64-34-22-58(3)23-35-64)68-42-46-72(47-43-68)83(70-14-10-8-11-15-70)74-50-52-76-77-53-51-75(55-79(77)82(7)78(76)54-74)84(71-16-12-9-13-17-71)73-48-44-69(45-49-73)81(65-36-24-59(4)25-37-65,66-38-26-60(5)27-39-66)67-40-28-61(6)29-41-67/h8-55H,1-7H3. The lowest BCUT2D eigenvalue weighted by molar-refractivity contribution is 0.744. The Hall–Kier alpha value is -9.96. The van der Waals surface area contributed by atoms with Crippen molar-refractivity contribution in [3.63, 3.8) is 0 Å². The van der Waals surface area contributed by atoms with Crippen LogP contribution in [-0.2, 0) is 17.9 Å². The molecular formula is C81H69N3. The highest BCUT2D eigenvalue weighted by Gasteiger charge is 2.40. The quantitative estimate of drug-likeness (QED) is 0.101. The summed E-state index contributed by atoms with van der Waals surface area (Å²) in [5.74, 6) is 0. The molecule has 1 heterocycles. The van der Waals surface area contributed by atoms with Crippen molar-refractivity contribution >= 4 is 55.9 Å². The van der Waals surface area contributed by atoms with Gasteiger partial charge in [-0.15, -0.1) is 0 Å². The summed E-state index contributed by atoms with van der Waals surface area (Å²) < 4.78 is 2.37. The van der Waals surface area contributed by atoms with Crippen LogP contribution in [0.5, 0.6) is 0 Å². The fourth-order valence-electron chi connectivity index (χ4n) is 13.0. The maximum absolute atomic E-state index is 2.39. The summed E-state index contributed by atoms with van der Waals surface area (Å²) in [5.41, 5.74) is 24.9. The molecule has 1 aromatic heterocycles. The van der Waals surface area contributed by atoms with E-state index in [0.29, 0.717) is 0 Å². The van der Waals surface area contributed by atoms with E-state index in [-0.39, 0.29) is 0 Å². The van der Waals surface area contributed by atoms with Crippen molar-refractivity contribution in [3.8, 4) is 0 Å². The first-order valence-corrected chi connectivity index (χ1v) is 29.4. The van der Waals surface area contributed by atoms with Gasteiger partial charge in [-0.2, -0.15) is 0 Å². The van der Waals surface area contributed by atoms with Crippen LogP contribution in [0, 0.1) is 41.5 Å². The molecule has 0 aliphatic rings. The van der Waals surface area contributed by atoms with Crippen LogP contribution in [0.2, 0.25) is 0 Å². The number of para-hydroxylation sites is 2. The van der Waals surface area contributed by atoms with Crippen LogP contribution in [0.1, 0.15) is 77.9 Å². The maximum atomic E-state index is 2.39. The van der Waals surface area contributed by atoms with E-state index in [0.717, 1.165) is 45.2 Å². The topological polar surface area (TPSA) is 11.4 Å². The SMILES string of the molecule is Cc1ccc(C(c2ccc(C)cc2)(c2ccc(C)cc2)c2ccc(N(c3ccccc3)c3ccc4c5ccc(N(c6ccccc6)c6ccc(C(c7ccc(C)cc7)(c7ccc(C)cc7)c7ccc(C)cc7)cc6)cc5n(C)c4c3)cc2)cc1. The number of rotatable bonds is 14. The molecule has 0 atom stereocenters. The van der Waals surface area contributed by atoms with Crippen LogP contribution >= 0.6 is 0 Å². The number of anilines is 6. The maximum Gasteiger partial charge on any atom is 0.0701 e. The summed E-state index contributed by atoms with van der Waals surface area (Å²) in [6.07, 6.45) is 0. The molecule has 0 amide bonds. The smallest absolute Gasteiger partial charge is 0.0701 e. The second-order valence-corrected chi connectivity index (χ2v) is 23.1. The van der Waals surface area contributed by atoms with Crippen molar-refractivity contribution in [1.29, 1.82) is 0 Å². The first-order chi connectivity index (χ1) is 41.0. The van der Waals surface area contributed by atoms with Crippen molar-refractivity contribution < 1.29 is 0 Å². The summed E-state index contributed by atoms with van der Waals surface area (Å²) in [4.78, 5) is 4.78. The van der Waals surface area contributed by atoms with Crippen LogP contribution in [-0.4, -0.2) is 4.57 Å². The fourth-order valence-corrected chi connectivity index (χ4v) is 13.0. The Kier molecular flexibility index (Phi) is 14.0. The van der Waals surface area contributed by atoms with Gasteiger partial charge in [0.25, 0.3) is 0 Å². The Balaban J connectivity index is 0.913. The number of aromatic nitrogens is 1. The Labute approximate surface area is 496 Å². The molecule has 0 bridgehead atoms. The molecule has 0 saturated carbocycles. The van der Waals surface area contributed by atoms with Gasteiger partial charge < -0.3 is 14.4 Å². The van der Waals surface area contributed by atoms with Crippen molar-refractivity contribution in [1.82, 2.24) is 4.57 Å². The van der Waals surface area contributed by atoms with Crippen LogP contribution in [0.3, 0.4) is 0 Å². The predicted octanol–water partition coefficient (Wildman–Crippen LogP) is 20.9. The second-order valence-electron chi connectivity index (χ2n) is 23.1. The largest absolute Gasteiger partial charge is 0.343 e. The van der Waals surface area contributed by atoms with Crippen LogP contribution in [0.4, 0.5) is 34.1 Å². The Morgan fingerprint density at radius 3 is 0.667 bits per heavy atom. The molecule has 0 N–H and O–H groups in total. The number of aryl methyl sites for hydroxylation is 7. The minimum absolute atomic E-state index is 0.567. The molecule has 3 nitrogen and oxygen atoms in total. The van der Waals surface area contributed by atoms with E-state index in [1.165, 1.54) is 88.7 Å². The van der Waals surface area contributed by atoms with E-state index in [1.807, 2.05) is 0 Å². The predicted molar refractivity (Wildman–Crippen MR) is 355 cm³/mol. The molecule has 0 fully saturated rings. The highest BCUT2D eigenvalue weighted by molar-refractivity contribution is 6.10. The average Bonchev–Trinajstić information content (AvgIpc) is 1.28. The minimum atomic E-state index is -0.567. The van der Waals surface area contributed by atoms with Gasteiger partial charge in [-0.05, 0) is 159 Å². The van der Waals surface area contributed by atoms with Gasteiger partial charge in [-0.25, -0.2) is 0 Å². The van der Waals surface area contributed by atoms with Crippen LogP contribution in [0.15, 0.2) is 291 Å². The lowest BCUT2D eigenvalue weighted by atomic mass is 9.65. The number of benzene rings is 12. The van der Waals surface area contributed by atoms with Gasteiger partial charge in [0.05, 0.1) is 21.9 Å². The van der Waals surface area contributed by atoms with E-state index in [9.17, 15) is 0 Å². The van der Waals surface area contributed by atoms with E-state index in [2.05, 4.69) is 354 Å². The van der Waals surface area contributed by atoms with Crippen molar-refractivity contribution in [2.75, 3.05) is 9.80 Å². The zero-order chi connectivity index (χ0) is 57.5. The van der Waals surface area contributed by atoms with Gasteiger partial charge in [0.15, 0.2) is 0 Å². The van der Waals surface area contributed by atoms with Gasteiger partial charge in [0.1, 0.15) is 0 Å². The lowest BCUT2D eigenvalue weighted by Gasteiger charge is -2.37. The third kappa shape index (κ3) is 9.46. The third-order valence-electron chi connectivity index (χ3n) is 17.5. The third-order valence-corrected chi connectivity index (χ3v) is 17.5. The Bertz CT molecular complexity index is 3900. The van der Waals surface area contributed by atoms with E-state index < -0.39 is 10.8 Å². The molecule has 408 valence electrons. The van der Waals surface area contributed by atoms with Crippen LogP contribution in [0.25, 0.3) is 21.8 Å². The summed E-state index contributed by atoms with van der Waals surface area (Å²) in [6, 6.07) is 109. The number of hydrogen-bond acceptors (Lipinski definition) is 2. The molecule has 12 aromatic carbocycles.